The van der Waals surface area contributed by atoms with Crippen molar-refractivity contribution in [3.63, 3.8) is 0 Å². The zero-order valence-corrected chi connectivity index (χ0v) is 18.2. The van der Waals surface area contributed by atoms with E-state index < -0.39 is 11.6 Å². The van der Waals surface area contributed by atoms with Crippen LogP contribution in [-0.4, -0.2) is 61.4 Å². The smallest absolute Gasteiger partial charge is 0.361 e. The molecule has 1 saturated carbocycles. The highest BCUT2D eigenvalue weighted by atomic mass is 79.9. The first-order valence-corrected chi connectivity index (χ1v) is 9.77. The Balaban J connectivity index is 0.00000280. The second-order valence-corrected chi connectivity index (χ2v) is 8.19. The fraction of sp³-hybridized carbons (Fsp3) is 0.619. The molecule has 0 spiro atoms. The molecule has 3 atom stereocenters. The maximum absolute atomic E-state index is 13.1. The highest BCUT2D eigenvalue weighted by molar-refractivity contribution is 5.81. The van der Waals surface area contributed by atoms with Crippen LogP contribution in [0.25, 0.3) is 0 Å². The molecular weight excluding hydrogens is 426 g/mol. The van der Waals surface area contributed by atoms with Gasteiger partial charge in [-0.2, -0.15) is 0 Å². The average Bonchev–Trinajstić information content (AvgIpc) is 3.32. The number of esters is 2. The summed E-state index contributed by atoms with van der Waals surface area (Å²) in [6, 6.07) is 9.14. The van der Waals surface area contributed by atoms with E-state index in [0.717, 1.165) is 32.2 Å². The fourth-order valence-corrected chi connectivity index (χ4v) is 4.54. The van der Waals surface area contributed by atoms with Crippen LogP contribution in [0.3, 0.4) is 0 Å². The van der Waals surface area contributed by atoms with Crippen LogP contribution in [0.15, 0.2) is 30.3 Å². The summed E-state index contributed by atoms with van der Waals surface area (Å²) in [6.07, 6.45) is 4.05. The van der Waals surface area contributed by atoms with Crippen LogP contribution in [-0.2, 0) is 24.7 Å². The van der Waals surface area contributed by atoms with Crippen LogP contribution in [0, 0.1) is 5.92 Å². The number of aliphatic hydroxyl groups is 1. The Morgan fingerprint density at radius 2 is 1.82 bits per heavy atom. The van der Waals surface area contributed by atoms with Gasteiger partial charge in [0.05, 0.1) is 20.7 Å². The molecule has 1 heterocycles. The Kier molecular flexibility index (Phi) is 7.65. The number of methoxy groups -OCH3 is 1. The molecule has 1 aliphatic heterocycles. The first kappa shape index (κ1) is 22.8. The van der Waals surface area contributed by atoms with Gasteiger partial charge in [0, 0.05) is 12.3 Å². The third-order valence-corrected chi connectivity index (χ3v) is 6.12. The van der Waals surface area contributed by atoms with Crippen LogP contribution in [0.5, 0.6) is 0 Å². The van der Waals surface area contributed by atoms with E-state index in [1.54, 1.807) is 12.1 Å². The highest BCUT2D eigenvalue weighted by Crippen LogP contribution is 2.42. The largest absolute Gasteiger partial charge is 1.00 e. The lowest BCUT2D eigenvalue weighted by molar-refractivity contribution is -0.891. The second kappa shape index (κ2) is 9.37. The van der Waals surface area contributed by atoms with E-state index >= 15 is 0 Å². The molecule has 3 rings (SSSR count). The summed E-state index contributed by atoms with van der Waals surface area (Å²) in [5, 5.41) is 11.5. The van der Waals surface area contributed by atoms with Gasteiger partial charge in [-0.15, -0.1) is 0 Å². The number of ether oxygens (including phenoxy) is 2. The monoisotopic (exact) mass is 455 g/mol. The molecule has 6 nitrogen and oxygen atoms in total. The van der Waals surface area contributed by atoms with Crippen molar-refractivity contribution < 1.29 is 45.6 Å². The minimum atomic E-state index is -1.61. The summed E-state index contributed by atoms with van der Waals surface area (Å²) >= 11 is 0. The SMILES string of the molecule is COC(=O)C[N+]1(C)CC[C@@H](OC(=O)[C@@](O)(c2ccccc2)C2CCCC2)C1.[Br-]. The molecule has 0 bridgehead atoms. The van der Waals surface area contributed by atoms with Crippen molar-refractivity contribution in [1.82, 2.24) is 0 Å². The van der Waals surface area contributed by atoms with Crippen molar-refractivity contribution in [2.24, 2.45) is 5.92 Å². The number of carbonyl (C=O) groups is 2. The van der Waals surface area contributed by atoms with Gasteiger partial charge in [0.15, 0.2) is 18.2 Å². The van der Waals surface area contributed by atoms with E-state index in [0.29, 0.717) is 23.0 Å². The van der Waals surface area contributed by atoms with Crippen molar-refractivity contribution in [1.29, 1.82) is 0 Å². The van der Waals surface area contributed by atoms with Crippen molar-refractivity contribution in [2.45, 2.75) is 43.8 Å². The Morgan fingerprint density at radius 1 is 1.18 bits per heavy atom. The number of carbonyl (C=O) groups excluding carboxylic acids is 2. The van der Waals surface area contributed by atoms with Gasteiger partial charge < -0.3 is 36.0 Å². The van der Waals surface area contributed by atoms with Gasteiger partial charge in [-0.05, 0) is 18.4 Å². The van der Waals surface area contributed by atoms with E-state index in [-0.39, 0.29) is 41.5 Å². The molecule has 156 valence electrons. The molecule has 1 aromatic carbocycles. The molecule has 1 saturated heterocycles. The second-order valence-electron chi connectivity index (χ2n) is 8.19. The van der Waals surface area contributed by atoms with Gasteiger partial charge in [0.2, 0.25) is 0 Å². The van der Waals surface area contributed by atoms with E-state index in [9.17, 15) is 14.7 Å². The molecule has 1 unspecified atom stereocenters. The van der Waals surface area contributed by atoms with Gasteiger partial charge in [0.1, 0.15) is 6.54 Å². The van der Waals surface area contributed by atoms with Gasteiger partial charge in [-0.25, -0.2) is 9.59 Å². The predicted molar refractivity (Wildman–Crippen MR) is 99.6 cm³/mol. The number of nitrogens with zero attached hydrogens (tertiary/aromatic N) is 1. The normalized spacial score (nSPS) is 26.9. The molecule has 1 aromatic rings. The van der Waals surface area contributed by atoms with E-state index in [1.165, 1.54) is 7.11 Å². The Hall–Kier alpha value is -1.44. The molecule has 1 aliphatic carbocycles. The summed E-state index contributed by atoms with van der Waals surface area (Å²) in [5.41, 5.74) is -1.00. The van der Waals surface area contributed by atoms with Gasteiger partial charge in [-0.3, -0.25) is 0 Å². The standard InChI is InChI=1S/C21H30NO5.BrH/c1-22(15-19(23)26-2)13-12-18(14-22)27-20(24)21(25,17-10-6-7-11-17)16-8-4-3-5-9-16;/h3-5,8-9,17-18,25H,6-7,10-15H2,1-2H3;1H/q+1;/p-1/t18-,21-,22?;/m1./s1. The Bertz CT molecular complexity index is 679. The molecule has 0 amide bonds. The van der Waals surface area contributed by atoms with Crippen molar-refractivity contribution in [2.75, 3.05) is 33.8 Å². The van der Waals surface area contributed by atoms with E-state index in [1.807, 2.05) is 25.2 Å². The predicted octanol–water partition coefficient (Wildman–Crippen LogP) is -0.996. The maximum Gasteiger partial charge on any atom is 0.361 e. The minimum Gasteiger partial charge on any atom is -1.00 e. The number of likely N-dealkylation sites (tertiary alicyclic amines) is 1. The average molecular weight is 456 g/mol. The van der Waals surface area contributed by atoms with Crippen LogP contribution >= 0.6 is 0 Å². The summed E-state index contributed by atoms with van der Waals surface area (Å²) in [6.45, 7) is 1.55. The lowest BCUT2D eigenvalue weighted by Crippen LogP contribution is -3.00. The third kappa shape index (κ3) is 4.75. The molecule has 2 aliphatic rings. The Morgan fingerprint density at radius 3 is 2.43 bits per heavy atom. The van der Waals surface area contributed by atoms with Crippen LogP contribution < -0.4 is 17.0 Å². The molecule has 7 heteroatoms. The first-order chi connectivity index (χ1) is 12.9. The molecule has 1 N–H and O–H groups in total. The number of hydrogen-bond acceptors (Lipinski definition) is 5. The molecule has 28 heavy (non-hydrogen) atoms. The van der Waals surface area contributed by atoms with E-state index in [2.05, 4.69) is 0 Å². The van der Waals surface area contributed by atoms with Crippen molar-refractivity contribution in [3.05, 3.63) is 35.9 Å². The van der Waals surface area contributed by atoms with Gasteiger partial charge in [-0.1, -0.05) is 43.2 Å². The van der Waals surface area contributed by atoms with E-state index in [4.69, 9.17) is 9.47 Å². The minimum absolute atomic E-state index is 0. The number of rotatable bonds is 6. The maximum atomic E-state index is 13.1. The summed E-state index contributed by atoms with van der Waals surface area (Å²) < 4.78 is 11.1. The number of halogens is 1. The van der Waals surface area contributed by atoms with Crippen LogP contribution in [0.1, 0.15) is 37.7 Å². The molecule has 2 fully saturated rings. The zero-order chi connectivity index (χ0) is 19.5. The lowest BCUT2D eigenvalue weighted by atomic mass is 9.80. The van der Waals surface area contributed by atoms with Crippen molar-refractivity contribution >= 4 is 11.9 Å². The number of likely N-dealkylation sites (N-methyl/N-ethyl adjacent to an activating group) is 1. The summed E-state index contributed by atoms with van der Waals surface area (Å²) in [4.78, 5) is 24.8. The van der Waals surface area contributed by atoms with Gasteiger partial charge in [0.25, 0.3) is 0 Å². The summed E-state index contributed by atoms with van der Waals surface area (Å²) in [5.74, 6) is -0.946. The third-order valence-electron chi connectivity index (χ3n) is 6.12. The highest BCUT2D eigenvalue weighted by Gasteiger charge is 2.49. The lowest BCUT2D eigenvalue weighted by Gasteiger charge is -2.33. The van der Waals surface area contributed by atoms with Crippen LogP contribution in [0.4, 0.5) is 0 Å². The Labute approximate surface area is 177 Å². The first-order valence-electron chi connectivity index (χ1n) is 9.77. The zero-order valence-electron chi connectivity index (χ0n) is 16.6. The number of benzene rings is 1. The topological polar surface area (TPSA) is 72.8 Å². The molecule has 0 aromatic heterocycles. The molecular formula is C21H30BrNO5. The molecule has 0 radical (unpaired) electrons. The summed E-state index contributed by atoms with van der Waals surface area (Å²) in [7, 11) is 3.34. The van der Waals surface area contributed by atoms with Crippen molar-refractivity contribution in [3.8, 4) is 0 Å². The fourth-order valence-electron chi connectivity index (χ4n) is 4.54. The van der Waals surface area contributed by atoms with Crippen LogP contribution in [0.2, 0.25) is 0 Å². The quantitative estimate of drug-likeness (QED) is 0.440. The number of hydrogen-bond donors (Lipinski definition) is 1. The number of quaternary nitrogens is 1. The van der Waals surface area contributed by atoms with Gasteiger partial charge >= 0.3 is 11.9 Å².